The Bertz CT molecular complexity index is 1020. The largest absolute Gasteiger partial charge is 0.497 e. The van der Waals surface area contributed by atoms with Crippen LogP contribution < -0.4 is 14.8 Å². The van der Waals surface area contributed by atoms with E-state index in [0.29, 0.717) is 24.7 Å². The Kier molecular flexibility index (Phi) is 7.76. The van der Waals surface area contributed by atoms with Gasteiger partial charge in [-0.05, 0) is 44.5 Å². The van der Waals surface area contributed by atoms with Crippen LogP contribution in [0.1, 0.15) is 32.8 Å². The third-order valence-corrected chi connectivity index (χ3v) is 5.45. The molecule has 170 valence electrons. The average molecular weight is 437 g/mol. The van der Waals surface area contributed by atoms with Crippen molar-refractivity contribution >= 4 is 6.03 Å². The molecule has 3 rings (SSSR count). The zero-order valence-electron chi connectivity index (χ0n) is 19.5. The number of nitrogens with one attached hydrogen (secondary N) is 1. The van der Waals surface area contributed by atoms with Gasteiger partial charge in [-0.25, -0.2) is 9.48 Å². The van der Waals surface area contributed by atoms with Crippen molar-refractivity contribution in [2.24, 2.45) is 7.05 Å². The molecule has 1 atom stereocenters. The zero-order chi connectivity index (χ0) is 23.1. The summed E-state index contributed by atoms with van der Waals surface area (Å²) in [5.74, 6) is 2.03. The van der Waals surface area contributed by atoms with E-state index >= 15 is 0 Å². The lowest BCUT2D eigenvalue weighted by molar-refractivity contribution is 0.173. The van der Waals surface area contributed by atoms with Crippen LogP contribution in [0.4, 0.5) is 4.79 Å². The van der Waals surface area contributed by atoms with Crippen LogP contribution in [0.5, 0.6) is 17.4 Å². The summed E-state index contributed by atoms with van der Waals surface area (Å²) < 4.78 is 13.3. The number of nitrogens with zero attached hydrogens (tertiary/aromatic N) is 3. The SMILES string of the molecule is CCNC(=O)N(Cc1c(-c2ccccc2)nn(C)c1Oc1ccc(OC)cc1)[C@@H](C)CC. The molecule has 0 unspecified atom stereocenters. The monoisotopic (exact) mass is 436 g/mol. The van der Waals surface area contributed by atoms with E-state index in [1.165, 1.54) is 0 Å². The summed E-state index contributed by atoms with van der Waals surface area (Å²) in [6.45, 7) is 7.00. The van der Waals surface area contributed by atoms with Gasteiger partial charge in [-0.2, -0.15) is 5.10 Å². The van der Waals surface area contributed by atoms with Crippen molar-refractivity contribution in [3.05, 3.63) is 60.2 Å². The van der Waals surface area contributed by atoms with E-state index in [0.717, 1.165) is 29.0 Å². The molecule has 1 N–H and O–H groups in total. The number of amides is 2. The minimum Gasteiger partial charge on any atom is -0.497 e. The Hall–Kier alpha value is -3.48. The smallest absolute Gasteiger partial charge is 0.317 e. The second kappa shape index (κ2) is 10.7. The highest BCUT2D eigenvalue weighted by atomic mass is 16.5. The molecule has 0 bridgehead atoms. The van der Waals surface area contributed by atoms with Gasteiger partial charge in [-0.1, -0.05) is 37.3 Å². The van der Waals surface area contributed by atoms with Gasteiger partial charge in [0.2, 0.25) is 5.88 Å². The third kappa shape index (κ3) is 5.22. The number of rotatable bonds is 9. The second-order valence-electron chi connectivity index (χ2n) is 7.62. The van der Waals surface area contributed by atoms with Crippen molar-refractivity contribution < 1.29 is 14.3 Å². The molecule has 0 aliphatic heterocycles. The number of carbonyl (C=O) groups is 1. The number of aryl methyl sites for hydroxylation is 1. The molecule has 7 heteroatoms. The highest BCUT2D eigenvalue weighted by Crippen LogP contribution is 2.35. The van der Waals surface area contributed by atoms with Crippen LogP contribution in [-0.2, 0) is 13.6 Å². The minimum atomic E-state index is -0.0971. The molecule has 32 heavy (non-hydrogen) atoms. The summed E-state index contributed by atoms with van der Waals surface area (Å²) >= 11 is 0. The maximum absolute atomic E-state index is 12.9. The van der Waals surface area contributed by atoms with Crippen LogP contribution in [0.25, 0.3) is 11.3 Å². The van der Waals surface area contributed by atoms with Gasteiger partial charge < -0.3 is 19.7 Å². The van der Waals surface area contributed by atoms with Crippen LogP contribution in [0.2, 0.25) is 0 Å². The number of hydrogen-bond donors (Lipinski definition) is 1. The molecular formula is C25H32N4O3. The topological polar surface area (TPSA) is 68.6 Å². The lowest BCUT2D eigenvalue weighted by Crippen LogP contribution is -2.44. The maximum Gasteiger partial charge on any atom is 0.317 e. The van der Waals surface area contributed by atoms with Gasteiger partial charge in [0.15, 0.2) is 0 Å². The maximum atomic E-state index is 12.9. The summed E-state index contributed by atoms with van der Waals surface area (Å²) in [5.41, 5.74) is 2.64. The Balaban J connectivity index is 2.06. The van der Waals surface area contributed by atoms with Crippen LogP contribution in [0, 0.1) is 0 Å². The lowest BCUT2D eigenvalue weighted by Gasteiger charge is -2.29. The lowest BCUT2D eigenvalue weighted by atomic mass is 10.1. The van der Waals surface area contributed by atoms with E-state index in [1.54, 1.807) is 11.8 Å². The standard InChI is InChI=1S/C25H32N4O3/c1-6-18(3)29(25(30)26-7-2)17-22-23(19-11-9-8-10-12-19)27-28(4)24(22)32-21-15-13-20(31-5)14-16-21/h8-16,18H,6-7,17H2,1-5H3,(H,26,30)/t18-/m0/s1. The molecule has 2 amide bonds. The summed E-state index contributed by atoms with van der Waals surface area (Å²) in [7, 11) is 3.49. The highest BCUT2D eigenvalue weighted by Gasteiger charge is 2.26. The predicted octanol–water partition coefficient (Wildman–Crippen LogP) is 5.22. The van der Waals surface area contributed by atoms with Crippen molar-refractivity contribution in [1.29, 1.82) is 0 Å². The number of aromatic nitrogens is 2. The third-order valence-electron chi connectivity index (χ3n) is 5.45. The summed E-state index contributed by atoms with van der Waals surface area (Å²) in [6.07, 6.45) is 0.840. The fourth-order valence-electron chi connectivity index (χ4n) is 3.48. The fourth-order valence-corrected chi connectivity index (χ4v) is 3.48. The molecule has 7 nitrogen and oxygen atoms in total. The van der Waals surface area contributed by atoms with Crippen LogP contribution in [0.15, 0.2) is 54.6 Å². The Labute approximate surface area is 190 Å². The zero-order valence-corrected chi connectivity index (χ0v) is 19.5. The van der Waals surface area contributed by atoms with Crippen molar-refractivity contribution in [2.75, 3.05) is 13.7 Å². The normalized spacial score (nSPS) is 11.7. The van der Waals surface area contributed by atoms with Crippen LogP contribution in [-0.4, -0.2) is 40.4 Å². The van der Waals surface area contributed by atoms with Gasteiger partial charge in [0.1, 0.15) is 17.2 Å². The number of methoxy groups -OCH3 is 1. The Morgan fingerprint density at radius 1 is 1.09 bits per heavy atom. The fraction of sp³-hybridized carbons (Fsp3) is 0.360. The molecule has 0 radical (unpaired) electrons. The molecule has 2 aromatic carbocycles. The number of hydrogen-bond acceptors (Lipinski definition) is 4. The predicted molar refractivity (Wildman–Crippen MR) is 126 cm³/mol. The molecule has 0 aliphatic carbocycles. The van der Waals surface area contributed by atoms with Crippen molar-refractivity contribution in [3.63, 3.8) is 0 Å². The van der Waals surface area contributed by atoms with E-state index in [1.807, 2.05) is 73.5 Å². The number of carbonyl (C=O) groups excluding carboxylic acids is 1. The van der Waals surface area contributed by atoms with Crippen molar-refractivity contribution in [3.8, 4) is 28.6 Å². The number of ether oxygens (including phenoxy) is 2. The first-order valence-electron chi connectivity index (χ1n) is 11.0. The van der Waals surface area contributed by atoms with Gasteiger partial charge in [0.25, 0.3) is 0 Å². The second-order valence-corrected chi connectivity index (χ2v) is 7.62. The summed E-state index contributed by atoms with van der Waals surface area (Å²) in [5, 5.41) is 7.70. The first-order valence-corrected chi connectivity index (χ1v) is 11.0. The van der Waals surface area contributed by atoms with E-state index in [2.05, 4.69) is 19.2 Å². The first-order chi connectivity index (χ1) is 15.5. The molecule has 0 saturated heterocycles. The molecule has 1 aromatic heterocycles. The molecule has 3 aromatic rings. The van der Waals surface area contributed by atoms with Crippen molar-refractivity contribution in [2.45, 2.75) is 39.8 Å². The van der Waals surface area contributed by atoms with Gasteiger partial charge in [0.05, 0.1) is 19.2 Å². The number of benzene rings is 2. The Morgan fingerprint density at radius 2 is 1.75 bits per heavy atom. The Morgan fingerprint density at radius 3 is 2.34 bits per heavy atom. The molecule has 0 saturated carbocycles. The van der Waals surface area contributed by atoms with Crippen LogP contribution in [0.3, 0.4) is 0 Å². The molecule has 0 fully saturated rings. The van der Waals surface area contributed by atoms with E-state index < -0.39 is 0 Å². The molecule has 1 heterocycles. The summed E-state index contributed by atoms with van der Waals surface area (Å²) in [6, 6.07) is 17.3. The average Bonchev–Trinajstić information content (AvgIpc) is 3.13. The number of urea groups is 1. The van der Waals surface area contributed by atoms with Gasteiger partial charge in [0, 0.05) is 25.2 Å². The van der Waals surface area contributed by atoms with Crippen LogP contribution >= 0.6 is 0 Å². The molecular weight excluding hydrogens is 404 g/mol. The minimum absolute atomic E-state index is 0.0548. The van der Waals surface area contributed by atoms with E-state index in [-0.39, 0.29) is 12.1 Å². The van der Waals surface area contributed by atoms with E-state index in [9.17, 15) is 4.79 Å². The highest BCUT2D eigenvalue weighted by molar-refractivity contribution is 5.75. The molecule has 0 spiro atoms. The quantitative estimate of drug-likeness (QED) is 0.499. The van der Waals surface area contributed by atoms with E-state index in [4.69, 9.17) is 14.6 Å². The molecule has 0 aliphatic rings. The summed E-state index contributed by atoms with van der Waals surface area (Å²) in [4.78, 5) is 14.7. The van der Waals surface area contributed by atoms with Crippen molar-refractivity contribution in [1.82, 2.24) is 20.0 Å². The van der Waals surface area contributed by atoms with Gasteiger partial charge in [-0.15, -0.1) is 0 Å². The first kappa shape index (κ1) is 23.2. The van der Waals surface area contributed by atoms with Gasteiger partial charge >= 0.3 is 6.03 Å². The van der Waals surface area contributed by atoms with Gasteiger partial charge in [-0.3, -0.25) is 0 Å².